The lowest BCUT2D eigenvalue weighted by Gasteiger charge is -2.15. The van der Waals surface area contributed by atoms with E-state index in [0.29, 0.717) is 19.7 Å². The van der Waals surface area contributed by atoms with Gasteiger partial charge < -0.3 is 9.84 Å². The number of nitrogens with zero attached hydrogens (tertiary/aromatic N) is 1. The first kappa shape index (κ1) is 12.9. The third-order valence-electron chi connectivity index (χ3n) is 2.59. The molecule has 1 N–H and O–H groups in total. The van der Waals surface area contributed by atoms with Gasteiger partial charge >= 0.3 is 0 Å². The molecule has 1 atom stereocenters. The monoisotopic (exact) mass is 237 g/mol. The molecular weight excluding hydrogens is 218 g/mol. The summed E-state index contributed by atoms with van der Waals surface area (Å²) in [4.78, 5) is 0. The molecule has 0 spiro atoms. The molecule has 0 aromatic carbocycles. The molecule has 1 heterocycles. The first-order chi connectivity index (χ1) is 7.10. The first-order valence-electron chi connectivity index (χ1n) is 5.26. The van der Waals surface area contributed by atoms with Crippen LogP contribution in [-0.2, 0) is 14.8 Å². The fourth-order valence-corrected chi connectivity index (χ4v) is 3.04. The number of aliphatic hydroxyl groups excluding tert-OH is 1. The van der Waals surface area contributed by atoms with E-state index in [9.17, 15) is 8.42 Å². The molecule has 5 nitrogen and oxygen atoms in total. The Balaban J connectivity index is 2.41. The van der Waals surface area contributed by atoms with E-state index in [2.05, 4.69) is 0 Å². The molecule has 1 saturated heterocycles. The van der Waals surface area contributed by atoms with Crippen LogP contribution in [0.4, 0.5) is 0 Å². The second kappa shape index (κ2) is 5.79. The normalized spacial score (nSPS) is 23.5. The van der Waals surface area contributed by atoms with Crippen molar-refractivity contribution in [2.45, 2.75) is 13.3 Å². The quantitative estimate of drug-likeness (QED) is 0.642. The zero-order chi connectivity index (χ0) is 11.3. The zero-order valence-corrected chi connectivity index (χ0v) is 9.87. The van der Waals surface area contributed by atoms with Gasteiger partial charge in [0.25, 0.3) is 0 Å². The molecule has 0 amide bonds. The molecule has 90 valence electrons. The van der Waals surface area contributed by atoms with Gasteiger partial charge in [0.2, 0.25) is 10.0 Å². The number of hydrogen-bond acceptors (Lipinski definition) is 4. The highest BCUT2D eigenvalue weighted by Gasteiger charge is 2.30. The maximum absolute atomic E-state index is 11.7. The fraction of sp³-hybridized carbons (Fsp3) is 1.00. The number of rotatable bonds is 6. The maximum Gasteiger partial charge on any atom is 0.216 e. The lowest BCUT2D eigenvalue weighted by Crippen LogP contribution is -2.32. The van der Waals surface area contributed by atoms with E-state index in [1.54, 1.807) is 0 Å². The smallest absolute Gasteiger partial charge is 0.216 e. The van der Waals surface area contributed by atoms with Crippen LogP contribution in [0.2, 0.25) is 0 Å². The van der Waals surface area contributed by atoms with Gasteiger partial charge in [0.15, 0.2) is 0 Å². The van der Waals surface area contributed by atoms with Gasteiger partial charge in [0, 0.05) is 26.3 Å². The van der Waals surface area contributed by atoms with Crippen molar-refractivity contribution in [3.05, 3.63) is 0 Å². The molecule has 0 bridgehead atoms. The Morgan fingerprint density at radius 3 is 2.80 bits per heavy atom. The summed E-state index contributed by atoms with van der Waals surface area (Å²) in [6.45, 7) is 3.67. The Kier molecular flexibility index (Phi) is 4.98. The second-order valence-corrected chi connectivity index (χ2v) is 5.80. The highest BCUT2D eigenvalue weighted by atomic mass is 32.2. The lowest BCUT2D eigenvalue weighted by atomic mass is 10.1. The Morgan fingerprint density at radius 1 is 1.53 bits per heavy atom. The summed E-state index contributed by atoms with van der Waals surface area (Å²) in [6, 6.07) is 0. The Bertz CT molecular complexity index is 278. The van der Waals surface area contributed by atoms with Crippen LogP contribution in [0.1, 0.15) is 13.3 Å². The van der Waals surface area contributed by atoms with Gasteiger partial charge in [-0.1, -0.05) is 0 Å². The number of ether oxygens (including phenoxy) is 1. The molecular formula is C9H19NO4S. The lowest BCUT2D eigenvalue weighted by molar-refractivity contribution is 0.162. The maximum atomic E-state index is 11.7. The Hall–Kier alpha value is -0.170. The van der Waals surface area contributed by atoms with Crippen molar-refractivity contribution >= 4 is 10.0 Å². The van der Waals surface area contributed by atoms with Crippen LogP contribution in [-0.4, -0.2) is 56.5 Å². The van der Waals surface area contributed by atoms with Gasteiger partial charge in [0.1, 0.15) is 0 Å². The van der Waals surface area contributed by atoms with Crippen LogP contribution in [0.3, 0.4) is 0 Å². The molecule has 15 heavy (non-hydrogen) atoms. The minimum absolute atomic E-state index is 0.0407. The van der Waals surface area contributed by atoms with Crippen molar-refractivity contribution < 1.29 is 18.3 Å². The molecule has 0 aromatic heterocycles. The molecule has 1 rings (SSSR count). The molecule has 1 aliphatic heterocycles. The number of sulfonamides is 1. The topological polar surface area (TPSA) is 66.8 Å². The molecule has 1 aliphatic rings. The van der Waals surface area contributed by atoms with E-state index in [1.165, 1.54) is 4.31 Å². The molecule has 0 radical (unpaired) electrons. The standard InChI is InChI=1S/C9H19NO4S/c1-2-14-5-6-15(12,13)10-4-3-9(7-10)8-11/h9,11H,2-8H2,1H3. The predicted octanol–water partition coefficient (Wildman–Crippen LogP) is -0.333. The highest BCUT2D eigenvalue weighted by Crippen LogP contribution is 2.18. The largest absolute Gasteiger partial charge is 0.396 e. The molecule has 0 aromatic rings. The average Bonchev–Trinajstić information content (AvgIpc) is 2.66. The van der Waals surface area contributed by atoms with Gasteiger partial charge in [-0.15, -0.1) is 0 Å². The fourth-order valence-electron chi connectivity index (χ4n) is 1.64. The van der Waals surface area contributed by atoms with E-state index < -0.39 is 10.0 Å². The van der Waals surface area contributed by atoms with Gasteiger partial charge in [-0.05, 0) is 19.3 Å². The van der Waals surface area contributed by atoms with E-state index in [1.807, 2.05) is 6.92 Å². The summed E-state index contributed by atoms with van der Waals surface area (Å²) in [5.41, 5.74) is 0. The third-order valence-corrected chi connectivity index (χ3v) is 4.39. The van der Waals surface area contributed by atoms with Crippen LogP contribution in [0.15, 0.2) is 0 Å². The van der Waals surface area contributed by atoms with Crippen molar-refractivity contribution in [2.24, 2.45) is 5.92 Å². The summed E-state index contributed by atoms with van der Waals surface area (Å²) >= 11 is 0. The van der Waals surface area contributed by atoms with Crippen LogP contribution in [0.5, 0.6) is 0 Å². The predicted molar refractivity (Wildman–Crippen MR) is 57.0 cm³/mol. The molecule has 0 saturated carbocycles. The minimum Gasteiger partial charge on any atom is -0.396 e. The third kappa shape index (κ3) is 3.71. The molecule has 0 aliphatic carbocycles. The first-order valence-corrected chi connectivity index (χ1v) is 6.87. The van der Waals surface area contributed by atoms with Crippen LogP contribution >= 0.6 is 0 Å². The summed E-state index contributed by atoms with van der Waals surface area (Å²) in [5.74, 6) is 0.144. The second-order valence-electron chi connectivity index (χ2n) is 3.71. The zero-order valence-electron chi connectivity index (χ0n) is 9.05. The molecule has 1 fully saturated rings. The summed E-state index contributed by atoms with van der Waals surface area (Å²) in [6.07, 6.45) is 0.754. The van der Waals surface area contributed by atoms with Crippen LogP contribution in [0.25, 0.3) is 0 Å². The summed E-state index contributed by atoms with van der Waals surface area (Å²) < 4.78 is 29.9. The van der Waals surface area contributed by atoms with E-state index >= 15 is 0 Å². The van der Waals surface area contributed by atoms with Crippen molar-refractivity contribution in [3.8, 4) is 0 Å². The van der Waals surface area contributed by atoms with Gasteiger partial charge in [0.05, 0.1) is 12.4 Å². The van der Waals surface area contributed by atoms with E-state index in [4.69, 9.17) is 9.84 Å². The molecule has 6 heteroatoms. The van der Waals surface area contributed by atoms with E-state index in [0.717, 1.165) is 6.42 Å². The van der Waals surface area contributed by atoms with Gasteiger partial charge in [-0.3, -0.25) is 0 Å². The van der Waals surface area contributed by atoms with Crippen molar-refractivity contribution in [3.63, 3.8) is 0 Å². The minimum atomic E-state index is -3.18. The van der Waals surface area contributed by atoms with E-state index in [-0.39, 0.29) is 24.9 Å². The summed E-state index contributed by atoms with van der Waals surface area (Å²) in [5, 5.41) is 8.92. The van der Waals surface area contributed by atoms with Crippen LogP contribution in [0, 0.1) is 5.92 Å². The van der Waals surface area contributed by atoms with Crippen LogP contribution < -0.4 is 0 Å². The molecule has 1 unspecified atom stereocenters. The number of aliphatic hydroxyl groups is 1. The summed E-state index contributed by atoms with van der Waals surface area (Å²) in [7, 11) is -3.18. The van der Waals surface area contributed by atoms with Crippen molar-refractivity contribution in [1.82, 2.24) is 4.31 Å². The highest BCUT2D eigenvalue weighted by molar-refractivity contribution is 7.89. The Labute approximate surface area is 91.1 Å². The van der Waals surface area contributed by atoms with Crippen molar-refractivity contribution in [2.75, 3.05) is 38.7 Å². The average molecular weight is 237 g/mol. The van der Waals surface area contributed by atoms with Gasteiger partial charge in [-0.2, -0.15) is 0 Å². The SMILES string of the molecule is CCOCCS(=O)(=O)N1CCC(CO)C1. The number of hydrogen-bond donors (Lipinski definition) is 1. The van der Waals surface area contributed by atoms with Gasteiger partial charge in [-0.25, -0.2) is 12.7 Å². The Morgan fingerprint density at radius 2 is 2.27 bits per heavy atom. The van der Waals surface area contributed by atoms with Crippen molar-refractivity contribution in [1.29, 1.82) is 0 Å².